The summed E-state index contributed by atoms with van der Waals surface area (Å²) in [5.74, 6) is -2.67. The lowest BCUT2D eigenvalue weighted by molar-refractivity contribution is -0.128. The number of rotatable bonds is 3. The van der Waals surface area contributed by atoms with Crippen molar-refractivity contribution < 1.29 is 28.2 Å². The van der Waals surface area contributed by atoms with E-state index < -0.39 is 29.9 Å². The number of alkyl carbamates (subject to hydrolysis) is 1. The summed E-state index contributed by atoms with van der Waals surface area (Å²) in [4.78, 5) is 33.9. The Labute approximate surface area is 122 Å². The van der Waals surface area contributed by atoms with Gasteiger partial charge < -0.3 is 9.47 Å². The lowest BCUT2D eigenvalue weighted by Gasteiger charge is -2.12. The molecule has 2 amide bonds. The third-order valence-electron chi connectivity index (χ3n) is 2.21. The molecule has 0 unspecified atom stereocenters. The molecule has 0 spiro atoms. The van der Waals surface area contributed by atoms with Gasteiger partial charge in [-0.2, -0.15) is 0 Å². The van der Waals surface area contributed by atoms with Crippen LogP contribution in [0.15, 0.2) is 22.7 Å². The number of hydrogen-bond acceptors (Lipinski definition) is 5. The molecule has 8 heteroatoms. The quantitative estimate of drug-likeness (QED) is 0.846. The highest BCUT2D eigenvalue weighted by molar-refractivity contribution is 9.10. The number of amides is 2. The minimum atomic E-state index is -1.27. The number of methoxy groups -OCH3 is 1. The van der Waals surface area contributed by atoms with Gasteiger partial charge in [0.05, 0.1) is 12.7 Å². The Morgan fingerprint density at radius 3 is 2.55 bits per heavy atom. The van der Waals surface area contributed by atoms with Crippen LogP contribution in [-0.2, 0) is 14.3 Å². The van der Waals surface area contributed by atoms with Crippen molar-refractivity contribution >= 4 is 33.9 Å². The third-order valence-corrected chi connectivity index (χ3v) is 2.71. The predicted octanol–water partition coefficient (Wildman–Crippen LogP) is 2.02. The summed E-state index contributed by atoms with van der Waals surface area (Å²) in [6, 6.07) is 3.77. The molecule has 0 saturated heterocycles. The summed E-state index contributed by atoms with van der Waals surface area (Å²) in [6.45, 7) is 1.24. The highest BCUT2D eigenvalue weighted by Gasteiger charge is 2.22. The molecular weight excluding hydrogens is 337 g/mol. The molecule has 6 nitrogen and oxygen atoms in total. The molecule has 1 aromatic carbocycles. The fourth-order valence-corrected chi connectivity index (χ4v) is 1.52. The van der Waals surface area contributed by atoms with Gasteiger partial charge in [0, 0.05) is 4.47 Å². The SMILES string of the molecule is COC(=O)NC(=O)[C@@H](C)OC(=O)c1ccc(Br)cc1F. The average molecular weight is 348 g/mol. The van der Waals surface area contributed by atoms with Crippen LogP contribution in [0, 0.1) is 5.82 Å². The largest absolute Gasteiger partial charge is 0.453 e. The Hall–Kier alpha value is -1.96. The molecule has 0 heterocycles. The third kappa shape index (κ3) is 4.30. The van der Waals surface area contributed by atoms with E-state index in [1.807, 2.05) is 5.32 Å². The Morgan fingerprint density at radius 2 is 2.00 bits per heavy atom. The summed E-state index contributed by atoms with van der Waals surface area (Å²) < 4.78 is 22.9. The van der Waals surface area contributed by atoms with Crippen molar-refractivity contribution in [3.8, 4) is 0 Å². The topological polar surface area (TPSA) is 81.7 Å². The van der Waals surface area contributed by atoms with E-state index in [1.165, 1.54) is 19.1 Å². The number of carbonyl (C=O) groups is 3. The van der Waals surface area contributed by atoms with Crippen molar-refractivity contribution in [2.45, 2.75) is 13.0 Å². The van der Waals surface area contributed by atoms with E-state index in [0.717, 1.165) is 13.2 Å². The lowest BCUT2D eigenvalue weighted by Crippen LogP contribution is -2.39. The molecule has 1 aromatic rings. The van der Waals surface area contributed by atoms with E-state index in [0.29, 0.717) is 4.47 Å². The summed E-state index contributed by atoms with van der Waals surface area (Å²) >= 11 is 3.05. The molecule has 0 aliphatic heterocycles. The molecule has 0 aliphatic carbocycles. The van der Waals surface area contributed by atoms with Crippen LogP contribution in [0.5, 0.6) is 0 Å². The molecule has 0 bridgehead atoms. The zero-order valence-electron chi connectivity index (χ0n) is 10.6. The van der Waals surface area contributed by atoms with Crippen molar-refractivity contribution in [1.29, 1.82) is 0 Å². The molecule has 0 aromatic heterocycles. The number of imide groups is 1. The molecule has 108 valence electrons. The highest BCUT2D eigenvalue weighted by Crippen LogP contribution is 2.16. The first-order valence-electron chi connectivity index (χ1n) is 5.40. The van der Waals surface area contributed by atoms with Gasteiger partial charge in [-0.1, -0.05) is 15.9 Å². The first-order valence-corrected chi connectivity index (χ1v) is 6.19. The van der Waals surface area contributed by atoms with Crippen LogP contribution in [0.25, 0.3) is 0 Å². The van der Waals surface area contributed by atoms with Crippen LogP contribution in [0.4, 0.5) is 9.18 Å². The Balaban J connectivity index is 2.70. The number of halogens is 2. The number of ether oxygens (including phenoxy) is 2. The minimum absolute atomic E-state index is 0.314. The maximum atomic E-state index is 13.5. The van der Waals surface area contributed by atoms with Crippen molar-refractivity contribution in [2.24, 2.45) is 0 Å². The van der Waals surface area contributed by atoms with E-state index in [1.54, 1.807) is 0 Å². The number of nitrogens with one attached hydrogen (secondary N) is 1. The average Bonchev–Trinajstić information content (AvgIpc) is 2.37. The maximum absolute atomic E-state index is 13.5. The second-order valence-electron chi connectivity index (χ2n) is 3.65. The summed E-state index contributed by atoms with van der Waals surface area (Å²) in [5.41, 5.74) is -0.314. The van der Waals surface area contributed by atoms with Crippen molar-refractivity contribution in [3.63, 3.8) is 0 Å². The van der Waals surface area contributed by atoms with Gasteiger partial charge in [-0.05, 0) is 25.1 Å². The second-order valence-corrected chi connectivity index (χ2v) is 4.57. The monoisotopic (exact) mass is 347 g/mol. The summed E-state index contributed by atoms with van der Waals surface area (Å²) in [6.07, 6.45) is -2.25. The van der Waals surface area contributed by atoms with Crippen molar-refractivity contribution in [2.75, 3.05) is 7.11 Å². The molecule has 0 radical (unpaired) electrons. The Kier molecular flexibility index (Phi) is 5.63. The van der Waals surface area contributed by atoms with E-state index in [4.69, 9.17) is 4.74 Å². The first-order chi connectivity index (χ1) is 9.35. The van der Waals surface area contributed by atoms with Gasteiger partial charge >= 0.3 is 12.1 Å². The number of carbonyl (C=O) groups excluding carboxylic acids is 3. The smallest absolute Gasteiger partial charge is 0.413 e. The van der Waals surface area contributed by atoms with E-state index >= 15 is 0 Å². The van der Waals surface area contributed by atoms with Crippen molar-refractivity contribution in [1.82, 2.24) is 5.32 Å². The van der Waals surface area contributed by atoms with Gasteiger partial charge in [-0.15, -0.1) is 0 Å². The van der Waals surface area contributed by atoms with Gasteiger partial charge in [-0.3, -0.25) is 10.1 Å². The van der Waals surface area contributed by atoms with Crippen molar-refractivity contribution in [3.05, 3.63) is 34.1 Å². The van der Waals surface area contributed by atoms with Gasteiger partial charge in [0.1, 0.15) is 5.82 Å². The number of benzene rings is 1. The molecule has 1 atom stereocenters. The number of hydrogen-bond donors (Lipinski definition) is 1. The highest BCUT2D eigenvalue weighted by atomic mass is 79.9. The van der Waals surface area contributed by atoms with Gasteiger partial charge in [-0.25, -0.2) is 14.0 Å². The zero-order valence-corrected chi connectivity index (χ0v) is 12.2. The lowest BCUT2D eigenvalue weighted by atomic mass is 10.2. The van der Waals surface area contributed by atoms with E-state index in [9.17, 15) is 18.8 Å². The molecule has 1 rings (SSSR count). The van der Waals surface area contributed by atoms with Crippen LogP contribution in [0.2, 0.25) is 0 Å². The second kappa shape index (κ2) is 6.99. The first kappa shape index (κ1) is 16.1. The zero-order chi connectivity index (χ0) is 15.3. The van der Waals surface area contributed by atoms with Crippen LogP contribution in [0.1, 0.15) is 17.3 Å². The molecule has 20 heavy (non-hydrogen) atoms. The Bertz CT molecular complexity index is 549. The normalized spacial score (nSPS) is 11.4. The molecule has 1 N–H and O–H groups in total. The fourth-order valence-electron chi connectivity index (χ4n) is 1.19. The summed E-state index contributed by atoms with van der Waals surface area (Å²) in [5, 5.41) is 1.83. The van der Waals surface area contributed by atoms with Gasteiger partial charge in [0.2, 0.25) is 0 Å². The molecular formula is C12H11BrFNO5. The molecule has 0 aliphatic rings. The molecule has 0 fully saturated rings. The van der Waals surface area contributed by atoms with Gasteiger partial charge in [0.15, 0.2) is 6.10 Å². The van der Waals surface area contributed by atoms with Crippen LogP contribution >= 0.6 is 15.9 Å². The van der Waals surface area contributed by atoms with Crippen LogP contribution < -0.4 is 5.32 Å². The van der Waals surface area contributed by atoms with Gasteiger partial charge in [0.25, 0.3) is 5.91 Å². The fraction of sp³-hybridized carbons (Fsp3) is 0.250. The Morgan fingerprint density at radius 1 is 1.35 bits per heavy atom. The standard InChI is InChI=1S/C12H11BrFNO5/c1-6(10(16)15-12(18)19-2)20-11(17)8-4-3-7(13)5-9(8)14/h3-6H,1-2H3,(H,15,16,18)/t6-/m1/s1. The maximum Gasteiger partial charge on any atom is 0.413 e. The predicted molar refractivity (Wildman–Crippen MR) is 69.5 cm³/mol. The minimum Gasteiger partial charge on any atom is -0.453 e. The van der Waals surface area contributed by atoms with E-state index in [2.05, 4.69) is 20.7 Å². The molecule has 0 saturated carbocycles. The number of esters is 1. The van der Waals surface area contributed by atoms with E-state index in [-0.39, 0.29) is 5.56 Å². The van der Waals surface area contributed by atoms with Crippen LogP contribution in [0.3, 0.4) is 0 Å². The van der Waals surface area contributed by atoms with Crippen LogP contribution in [-0.4, -0.2) is 31.2 Å². The summed E-state index contributed by atoms with van der Waals surface area (Å²) in [7, 11) is 1.08.